The number of benzene rings is 5. The lowest BCUT2D eigenvalue weighted by Gasteiger charge is -2.12. The normalized spacial score (nSPS) is 11.6. The number of nitrogens with zero attached hydrogens (tertiary/aromatic N) is 3. The van der Waals surface area contributed by atoms with Gasteiger partial charge in [0.25, 0.3) is 0 Å². The van der Waals surface area contributed by atoms with Crippen molar-refractivity contribution in [2.45, 2.75) is 0 Å². The first-order valence-electron chi connectivity index (χ1n) is 12.8. The van der Waals surface area contributed by atoms with Crippen LogP contribution in [0.15, 0.2) is 115 Å². The zero-order valence-corrected chi connectivity index (χ0v) is 21.5. The van der Waals surface area contributed by atoms with Crippen LogP contribution in [0.2, 0.25) is 0 Å². The van der Waals surface area contributed by atoms with Crippen LogP contribution in [0, 0.1) is 6.57 Å². The third kappa shape index (κ3) is 3.49. The molecule has 0 aliphatic carbocycles. The van der Waals surface area contributed by atoms with Crippen molar-refractivity contribution in [2.24, 2.45) is 0 Å². The summed E-state index contributed by atoms with van der Waals surface area (Å²) < 4.78 is 2.43. The molecule has 0 N–H and O–H groups in total. The maximum atomic E-state index is 7.43. The smallest absolute Gasteiger partial charge is 0.187 e. The Kier molecular flexibility index (Phi) is 4.75. The average molecular weight is 514 g/mol. The van der Waals surface area contributed by atoms with E-state index < -0.39 is 0 Å². The Balaban J connectivity index is 1.38. The van der Waals surface area contributed by atoms with Crippen LogP contribution in [0.1, 0.15) is 0 Å². The van der Waals surface area contributed by atoms with Crippen LogP contribution >= 0.6 is 11.3 Å². The highest BCUT2D eigenvalue weighted by Crippen LogP contribution is 2.39. The van der Waals surface area contributed by atoms with Gasteiger partial charge in [0.1, 0.15) is 0 Å². The quantitative estimate of drug-likeness (QED) is 0.131. The van der Waals surface area contributed by atoms with E-state index in [0.717, 1.165) is 60.5 Å². The van der Waals surface area contributed by atoms with Gasteiger partial charge in [-0.05, 0) is 64.4 Å². The molecule has 0 radical (unpaired) electrons. The van der Waals surface area contributed by atoms with Crippen molar-refractivity contribution in [1.29, 1.82) is 0 Å². The second kappa shape index (κ2) is 8.46. The highest BCUT2D eigenvalue weighted by Gasteiger charge is 2.14. The molecule has 0 saturated carbocycles. The van der Waals surface area contributed by atoms with Crippen molar-refractivity contribution in [1.82, 2.24) is 9.97 Å². The molecule has 5 aromatic carbocycles. The molecule has 39 heavy (non-hydrogen) atoms. The summed E-state index contributed by atoms with van der Waals surface area (Å²) in [7, 11) is 0. The number of thiophene rings is 1. The van der Waals surface area contributed by atoms with Crippen LogP contribution in [0.5, 0.6) is 0 Å². The van der Waals surface area contributed by atoms with Gasteiger partial charge in [0.15, 0.2) is 5.69 Å². The van der Waals surface area contributed by atoms with Gasteiger partial charge < -0.3 is 0 Å². The van der Waals surface area contributed by atoms with E-state index in [2.05, 4.69) is 95.8 Å². The van der Waals surface area contributed by atoms with Gasteiger partial charge in [0, 0.05) is 31.1 Å². The van der Waals surface area contributed by atoms with Crippen molar-refractivity contribution in [3.63, 3.8) is 0 Å². The Labute approximate surface area is 228 Å². The largest absolute Gasteiger partial charge is 0.247 e. The lowest BCUT2D eigenvalue weighted by Crippen LogP contribution is -1.93. The molecule has 0 aliphatic heterocycles. The zero-order valence-electron chi connectivity index (χ0n) is 20.7. The van der Waals surface area contributed by atoms with Crippen molar-refractivity contribution >= 4 is 69.9 Å². The summed E-state index contributed by atoms with van der Waals surface area (Å²) in [5.74, 6) is 0. The molecule has 0 bridgehead atoms. The summed E-state index contributed by atoms with van der Waals surface area (Å²) in [6, 6.07) is 39.9. The van der Waals surface area contributed by atoms with E-state index in [-0.39, 0.29) is 0 Å². The standard InChI is InChI=1S/C35H19N3S/c1-36-25-13-16-33-28(20-25)27-17-22(12-15-32(27)39-33)23-11-14-26-31(19-23)38-34(21-7-3-2-4-8-21)29-18-24-9-5-6-10-30(24)37-35(26)29/h2-20H. The Morgan fingerprint density at radius 3 is 2.15 bits per heavy atom. The van der Waals surface area contributed by atoms with E-state index in [1.54, 1.807) is 11.3 Å². The second-order valence-electron chi connectivity index (χ2n) is 9.74. The van der Waals surface area contributed by atoms with Crippen LogP contribution in [0.25, 0.3) is 80.1 Å². The fraction of sp³-hybridized carbons (Fsp3) is 0. The maximum Gasteiger partial charge on any atom is 0.187 e. The van der Waals surface area contributed by atoms with E-state index in [1.807, 2.05) is 24.3 Å². The predicted molar refractivity (Wildman–Crippen MR) is 165 cm³/mol. The minimum atomic E-state index is 0.669. The lowest BCUT2D eigenvalue weighted by atomic mass is 9.98. The lowest BCUT2D eigenvalue weighted by molar-refractivity contribution is 1.41. The predicted octanol–water partition coefficient (Wildman–Crippen LogP) is 10.2. The number of pyridine rings is 2. The van der Waals surface area contributed by atoms with E-state index in [0.29, 0.717) is 5.69 Å². The maximum absolute atomic E-state index is 7.43. The molecule has 180 valence electrons. The van der Waals surface area contributed by atoms with Gasteiger partial charge in [0.2, 0.25) is 0 Å². The van der Waals surface area contributed by atoms with Gasteiger partial charge in [-0.1, -0.05) is 72.8 Å². The fourth-order valence-corrected chi connectivity index (χ4v) is 6.58. The molecule has 4 heteroatoms. The van der Waals surface area contributed by atoms with E-state index >= 15 is 0 Å². The van der Waals surface area contributed by atoms with Crippen LogP contribution < -0.4 is 0 Å². The molecule has 8 rings (SSSR count). The van der Waals surface area contributed by atoms with Gasteiger partial charge in [-0.3, -0.25) is 0 Å². The summed E-state index contributed by atoms with van der Waals surface area (Å²) in [5, 5.41) is 5.53. The number of hydrogen-bond acceptors (Lipinski definition) is 3. The minimum Gasteiger partial charge on any atom is -0.247 e. The summed E-state index contributed by atoms with van der Waals surface area (Å²) >= 11 is 1.77. The van der Waals surface area contributed by atoms with E-state index in [4.69, 9.17) is 16.5 Å². The number of rotatable bonds is 2. The molecular formula is C35H19N3S. The Bertz CT molecular complexity index is 2290. The summed E-state index contributed by atoms with van der Waals surface area (Å²) in [4.78, 5) is 14.0. The summed E-state index contributed by atoms with van der Waals surface area (Å²) in [5.41, 5.74) is 7.80. The van der Waals surface area contributed by atoms with Gasteiger partial charge >= 0.3 is 0 Å². The number of para-hydroxylation sites is 1. The first kappa shape index (κ1) is 21.9. The Hall–Kier alpha value is -5.11. The summed E-state index contributed by atoms with van der Waals surface area (Å²) in [6.07, 6.45) is 0. The molecule has 0 aliphatic rings. The molecule has 3 nitrogen and oxygen atoms in total. The van der Waals surface area contributed by atoms with Crippen LogP contribution in [-0.4, -0.2) is 9.97 Å². The van der Waals surface area contributed by atoms with Crippen molar-refractivity contribution < 1.29 is 0 Å². The topological polar surface area (TPSA) is 30.1 Å². The molecule has 0 atom stereocenters. The van der Waals surface area contributed by atoms with Crippen molar-refractivity contribution in [2.75, 3.05) is 0 Å². The number of hydrogen-bond donors (Lipinski definition) is 0. The van der Waals surface area contributed by atoms with E-state index in [9.17, 15) is 0 Å². The SMILES string of the molecule is [C-]#[N+]c1ccc2sc3ccc(-c4ccc5c(c4)nc(-c4ccccc4)c4cc6ccccc6nc45)cc3c2c1. The Morgan fingerprint density at radius 2 is 1.28 bits per heavy atom. The van der Waals surface area contributed by atoms with Crippen LogP contribution in [0.4, 0.5) is 5.69 Å². The zero-order chi connectivity index (χ0) is 25.9. The number of fused-ring (bicyclic) bond motifs is 7. The molecule has 3 aromatic heterocycles. The molecule has 0 spiro atoms. The summed E-state index contributed by atoms with van der Waals surface area (Å²) in [6.45, 7) is 7.43. The van der Waals surface area contributed by atoms with Crippen LogP contribution in [-0.2, 0) is 0 Å². The highest BCUT2D eigenvalue weighted by atomic mass is 32.1. The highest BCUT2D eigenvalue weighted by molar-refractivity contribution is 7.25. The average Bonchev–Trinajstić information content (AvgIpc) is 3.37. The molecular weight excluding hydrogens is 494 g/mol. The van der Waals surface area contributed by atoms with Crippen molar-refractivity contribution in [3.05, 3.63) is 127 Å². The molecule has 0 amide bonds. The fourth-order valence-electron chi connectivity index (χ4n) is 5.52. The van der Waals surface area contributed by atoms with Gasteiger partial charge in [-0.25, -0.2) is 14.8 Å². The van der Waals surface area contributed by atoms with Crippen molar-refractivity contribution in [3.8, 4) is 22.4 Å². The molecule has 3 heterocycles. The monoisotopic (exact) mass is 513 g/mol. The first-order chi connectivity index (χ1) is 19.2. The third-order valence-electron chi connectivity index (χ3n) is 7.43. The molecule has 8 aromatic rings. The number of aromatic nitrogens is 2. The minimum absolute atomic E-state index is 0.669. The van der Waals surface area contributed by atoms with Gasteiger partial charge in [-0.15, -0.1) is 11.3 Å². The third-order valence-corrected chi connectivity index (χ3v) is 8.58. The van der Waals surface area contributed by atoms with Crippen LogP contribution in [0.3, 0.4) is 0 Å². The second-order valence-corrected chi connectivity index (χ2v) is 10.8. The van der Waals surface area contributed by atoms with Gasteiger partial charge in [0.05, 0.1) is 28.8 Å². The first-order valence-corrected chi connectivity index (χ1v) is 13.6. The molecule has 0 fully saturated rings. The Morgan fingerprint density at radius 1 is 0.538 bits per heavy atom. The van der Waals surface area contributed by atoms with Gasteiger partial charge in [-0.2, -0.15) is 0 Å². The van der Waals surface area contributed by atoms with E-state index in [1.165, 1.54) is 14.8 Å². The molecule has 0 saturated heterocycles. The molecule has 0 unspecified atom stereocenters.